The third-order valence-electron chi connectivity index (χ3n) is 7.45. The van der Waals surface area contributed by atoms with E-state index in [0.29, 0.717) is 19.8 Å². The summed E-state index contributed by atoms with van der Waals surface area (Å²) in [5.74, 6) is 1.79. The number of aromatic nitrogens is 1. The molecule has 1 aromatic heterocycles. The quantitative estimate of drug-likeness (QED) is 0.348. The van der Waals surface area contributed by atoms with Crippen molar-refractivity contribution in [1.29, 1.82) is 0 Å². The van der Waals surface area contributed by atoms with E-state index in [-0.39, 0.29) is 11.9 Å². The lowest BCUT2D eigenvalue weighted by molar-refractivity contribution is -0.128. The number of benzene rings is 3. The molecule has 4 aromatic rings. The number of carbonyl (C=O) groups excluding carboxylic acids is 1. The minimum atomic E-state index is -0.179. The molecule has 6 nitrogen and oxygen atoms in total. The average molecular weight is 508 g/mol. The molecule has 6 heteroatoms. The highest BCUT2D eigenvalue weighted by Crippen LogP contribution is 2.40. The molecule has 2 aliphatic heterocycles. The Morgan fingerprint density at radius 1 is 1.11 bits per heavy atom. The van der Waals surface area contributed by atoms with Gasteiger partial charge in [-0.3, -0.25) is 4.79 Å². The van der Waals surface area contributed by atoms with Gasteiger partial charge in [0.05, 0.1) is 12.6 Å². The first-order valence-corrected chi connectivity index (χ1v) is 13.3. The van der Waals surface area contributed by atoms with Gasteiger partial charge in [0, 0.05) is 42.2 Å². The number of carbonyl (C=O) groups is 1. The molecular weight excluding hydrogens is 474 g/mol. The molecule has 0 fully saturated rings. The van der Waals surface area contributed by atoms with E-state index in [1.165, 1.54) is 16.5 Å². The van der Waals surface area contributed by atoms with E-state index >= 15 is 0 Å². The van der Waals surface area contributed by atoms with Crippen molar-refractivity contribution >= 4 is 22.9 Å². The SMILES string of the molecule is CN(C)CCOc1ccc(/C=C/C(=O)N2CCc3c([nH]c4ccccc34)[C@H]2c2ccc3c(c2)CCO3)cc1. The molecule has 6 rings (SSSR count). The summed E-state index contributed by atoms with van der Waals surface area (Å²) < 4.78 is 11.5. The highest BCUT2D eigenvalue weighted by atomic mass is 16.5. The van der Waals surface area contributed by atoms with Crippen molar-refractivity contribution < 1.29 is 14.3 Å². The highest BCUT2D eigenvalue weighted by Gasteiger charge is 2.34. The van der Waals surface area contributed by atoms with Crippen molar-refractivity contribution in [1.82, 2.24) is 14.8 Å². The van der Waals surface area contributed by atoms with Crippen LogP contribution in [0.2, 0.25) is 0 Å². The van der Waals surface area contributed by atoms with Gasteiger partial charge in [0.25, 0.3) is 0 Å². The fraction of sp³-hybridized carbons (Fsp3) is 0.281. The standard InChI is InChI=1S/C32H33N3O3/c1-34(2)18-20-37-25-11-7-22(8-12-25)9-14-30(36)35-17-15-27-26-5-3-4-6-28(26)33-31(27)32(35)24-10-13-29-23(21-24)16-19-38-29/h3-14,21,32-33H,15-20H2,1-2H3/b14-9+/t32-/m1/s1. The van der Waals surface area contributed by atoms with Crippen LogP contribution >= 0.6 is 0 Å². The van der Waals surface area contributed by atoms with Crippen LogP contribution in [0.25, 0.3) is 17.0 Å². The molecule has 3 heterocycles. The molecule has 194 valence electrons. The van der Waals surface area contributed by atoms with Crippen molar-refractivity contribution in [2.45, 2.75) is 18.9 Å². The van der Waals surface area contributed by atoms with Crippen LogP contribution in [0.15, 0.2) is 72.8 Å². The van der Waals surface area contributed by atoms with E-state index in [2.05, 4.69) is 52.3 Å². The molecule has 0 saturated carbocycles. The molecule has 0 unspecified atom stereocenters. The lowest BCUT2D eigenvalue weighted by Gasteiger charge is -2.36. The van der Waals surface area contributed by atoms with Gasteiger partial charge in [-0.15, -0.1) is 0 Å². The number of amides is 1. The number of likely N-dealkylation sites (N-methyl/N-ethyl adjacent to an activating group) is 1. The number of H-pyrrole nitrogens is 1. The summed E-state index contributed by atoms with van der Waals surface area (Å²) in [5.41, 5.74) is 6.82. The predicted octanol–water partition coefficient (Wildman–Crippen LogP) is 5.23. The molecule has 1 amide bonds. The van der Waals surface area contributed by atoms with E-state index in [9.17, 15) is 4.79 Å². The van der Waals surface area contributed by atoms with Crippen LogP contribution in [0.3, 0.4) is 0 Å². The summed E-state index contributed by atoms with van der Waals surface area (Å²) in [4.78, 5) is 21.4. The van der Waals surface area contributed by atoms with E-state index < -0.39 is 0 Å². The lowest BCUT2D eigenvalue weighted by Crippen LogP contribution is -2.39. The Balaban J connectivity index is 1.27. The second-order valence-corrected chi connectivity index (χ2v) is 10.3. The Kier molecular flexibility index (Phi) is 6.64. The van der Waals surface area contributed by atoms with Crippen LogP contribution < -0.4 is 9.47 Å². The maximum absolute atomic E-state index is 13.7. The minimum absolute atomic E-state index is 0.00219. The topological polar surface area (TPSA) is 57.8 Å². The number of rotatable bonds is 7. The first-order chi connectivity index (χ1) is 18.6. The number of hydrogen-bond acceptors (Lipinski definition) is 4. The first kappa shape index (κ1) is 24.3. The smallest absolute Gasteiger partial charge is 0.247 e. The summed E-state index contributed by atoms with van der Waals surface area (Å²) in [6.45, 7) is 2.88. The van der Waals surface area contributed by atoms with E-state index in [0.717, 1.165) is 53.2 Å². The zero-order chi connectivity index (χ0) is 26.1. The third kappa shape index (κ3) is 4.79. The van der Waals surface area contributed by atoms with Crippen molar-refractivity contribution in [2.24, 2.45) is 0 Å². The largest absolute Gasteiger partial charge is 0.493 e. The predicted molar refractivity (Wildman–Crippen MR) is 151 cm³/mol. The second kappa shape index (κ2) is 10.4. The highest BCUT2D eigenvalue weighted by molar-refractivity contribution is 5.93. The van der Waals surface area contributed by atoms with Crippen molar-refractivity contribution in [2.75, 3.05) is 40.4 Å². The summed E-state index contributed by atoms with van der Waals surface area (Å²) in [6, 6.07) is 22.5. The first-order valence-electron chi connectivity index (χ1n) is 13.3. The van der Waals surface area contributed by atoms with Crippen LogP contribution in [-0.2, 0) is 17.6 Å². The number of nitrogens with zero attached hydrogens (tertiary/aromatic N) is 2. The molecule has 2 aliphatic rings. The molecule has 0 spiro atoms. The summed E-state index contributed by atoms with van der Waals surface area (Å²) in [6.07, 6.45) is 5.31. The maximum atomic E-state index is 13.7. The fourth-order valence-corrected chi connectivity index (χ4v) is 5.49. The number of nitrogens with one attached hydrogen (secondary N) is 1. The van der Waals surface area contributed by atoms with Gasteiger partial charge in [-0.1, -0.05) is 36.4 Å². The third-order valence-corrected chi connectivity index (χ3v) is 7.45. The average Bonchev–Trinajstić information content (AvgIpc) is 3.55. The zero-order valence-electron chi connectivity index (χ0n) is 21.9. The summed E-state index contributed by atoms with van der Waals surface area (Å²) in [5, 5.41) is 1.24. The van der Waals surface area contributed by atoms with Crippen LogP contribution in [0.1, 0.15) is 34.0 Å². The fourth-order valence-electron chi connectivity index (χ4n) is 5.49. The van der Waals surface area contributed by atoms with Gasteiger partial charge in [0.2, 0.25) is 5.91 Å². The molecular formula is C32H33N3O3. The number of aromatic amines is 1. The van der Waals surface area contributed by atoms with Gasteiger partial charge in [-0.05, 0) is 79.2 Å². The Bertz CT molecular complexity index is 1490. The Hall–Kier alpha value is -4.03. The van der Waals surface area contributed by atoms with Gasteiger partial charge in [0.15, 0.2) is 0 Å². The zero-order valence-corrected chi connectivity index (χ0v) is 21.9. The van der Waals surface area contributed by atoms with Gasteiger partial charge >= 0.3 is 0 Å². The number of hydrogen-bond donors (Lipinski definition) is 1. The molecule has 38 heavy (non-hydrogen) atoms. The summed E-state index contributed by atoms with van der Waals surface area (Å²) >= 11 is 0. The van der Waals surface area contributed by atoms with Crippen molar-refractivity contribution in [3.8, 4) is 11.5 Å². The molecule has 0 saturated heterocycles. The van der Waals surface area contributed by atoms with Crippen LogP contribution in [0.4, 0.5) is 0 Å². The van der Waals surface area contributed by atoms with Gasteiger partial charge in [-0.25, -0.2) is 0 Å². The van der Waals surface area contributed by atoms with Gasteiger partial charge in [-0.2, -0.15) is 0 Å². The van der Waals surface area contributed by atoms with E-state index in [1.807, 2.05) is 49.3 Å². The summed E-state index contributed by atoms with van der Waals surface area (Å²) in [7, 11) is 4.05. The van der Waals surface area contributed by atoms with Crippen LogP contribution in [-0.4, -0.2) is 61.1 Å². The van der Waals surface area contributed by atoms with Crippen molar-refractivity contribution in [3.05, 3.63) is 101 Å². The molecule has 0 aliphatic carbocycles. The Labute approximate surface area is 223 Å². The monoisotopic (exact) mass is 507 g/mol. The van der Waals surface area contributed by atoms with Gasteiger partial charge in [0.1, 0.15) is 18.1 Å². The lowest BCUT2D eigenvalue weighted by atomic mass is 9.91. The van der Waals surface area contributed by atoms with Crippen molar-refractivity contribution in [3.63, 3.8) is 0 Å². The Morgan fingerprint density at radius 3 is 2.79 bits per heavy atom. The number of fused-ring (bicyclic) bond motifs is 4. The molecule has 3 aromatic carbocycles. The number of para-hydroxylation sites is 1. The van der Waals surface area contributed by atoms with E-state index in [1.54, 1.807) is 6.08 Å². The van der Waals surface area contributed by atoms with Crippen LogP contribution in [0.5, 0.6) is 11.5 Å². The molecule has 1 N–H and O–H groups in total. The maximum Gasteiger partial charge on any atom is 0.247 e. The number of ether oxygens (including phenoxy) is 2. The normalized spacial score (nSPS) is 16.6. The molecule has 1 atom stereocenters. The minimum Gasteiger partial charge on any atom is -0.493 e. The molecule has 0 bridgehead atoms. The Morgan fingerprint density at radius 2 is 1.95 bits per heavy atom. The van der Waals surface area contributed by atoms with Gasteiger partial charge < -0.3 is 24.3 Å². The second-order valence-electron chi connectivity index (χ2n) is 10.3. The molecule has 0 radical (unpaired) electrons. The van der Waals surface area contributed by atoms with E-state index in [4.69, 9.17) is 9.47 Å². The van der Waals surface area contributed by atoms with Crippen LogP contribution in [0, 0.1) is 0 Å².